The van der Waals surface area contributed by atoms with Crippen LogP contribution in [0.1, 0.15) is 6.42 Å². The lowest BCUT2D eigenvalue weighted by atomic mass is 10.5. The summed E-state index contributed by atoms with van der Waals surface area (Å²) in [5.74, 6) is 0.0243. The zero-order valence-electron chi connectivity index (χ0n) is 7.93. The van der Waals surface area contributed by atoms with Gasteiger partial charge in [0.15, 0.2) is 5.82 Å². The van der Waals surface area contributed by atoms with E-state index in [2.05, 4.69) is 14.9 Å². The van der Waals surface area contributed by atoms with Crippen molar-refractivity contribution in [3.05, 3.63) is 22.5 Å². The van der Waals surface area contributed by atoms with Crippen molar-refractivity contribution in [1.82, 2.24) is 10.2 Å². The first-order chi connectivity index (χ1) is 7.03. The summed E-state index contributed by atoms with van der Waals surface area (Å²) in [6.45, 7) is 0.306. The van der Waals surface area contributed by atoms with Gasteiger partial charge in [0.25, 0.3) is 5.56 Å². The van der Waals surface area contributed by atoms with Crippen LogP contribution in [0.15, 0.2) is 16.9 Å². The van der Waals surface area contributed by atoms with Crippen molar-refractivity contribution < 1.29 is 8.42 Å². The van der Waals surface area contributed by atoms with E-state index in [9.17, 15) is 13.2 Å². The molecule has 1 rings (SSSR count). The maximum Gasteiger partial charge on any atom is 0.264 e. The molecular weight excluding hydrogens is 220 g/mol. The van der Waals surface area contributed by atoms with Crippen LogP contribution in [-0.4, -0.2) is 30.9 Å². The van der Waals surface area contributed by atoms with Crippen LogP contribution in [0.4, 0.5) is 5.82 Å². The van der Waals surface area contributed by atoms with E-state index < -0.39 is 10.0 Å². The number of sulfonamides is 1. The molecule has 0 bridgehead atoms. The molecule has 0 aromatic carbocycles. The Morgan fingerprint density at radius 3 is 2.73 bits per heavy atom. The van der Waals surface area contributed by atoms with E-state index in [0.29, 0.717) is 13.0 Å². The van der Waals surface area contributed by atoms with Crippen LogP contribution in [0.25, 0.3) is 0 Å². The fourth-order valence-electron chi connectivity index (χ4n) is 0.885. The number of aromatic amines is 1. The highest BCUT2D eigenvalue weighted by atomic mass is 32.2. The zero-order chi connectivity index (χ0) is 11.3. The Hall–Kier alpha value is -1.41. The van der Waals surface area contributed by atoms with E-state index >= 15 is 0 Å². The van der Waals surface area contributed by atoms with Crippen molar-refractivity contribution in [2.24, 2.45) is 5.73 Å². The van der Waals surface area contributed by atoms with Gasteiger partial charge in [-0.2, -0.15) is 5.10 Å². The molecule has 7 nitrogen and oxygen atoms in total. The van der Waals surface area contributed by atoms with Crippen molar-refractivity contribution in [3.63, 3.8) is 0 Å². The second kappa shape index (κ2) is 4.89. The van der Waals surface area contributed by atoms with Gasteiger partial charge in [0, 0.05) is 6.07 Å². The molecule has 0 aliphatic carbocycles. The topological polar surface area (TPSA) is 118 Å². The Bertz CT molecular complexity index is 447. The van der Waals surface area contributed by atoms with Crippen molar-refractivity contribution in [2.45, 2.75) is 6.42 Å². The molecule has 0 saturated heterocycles. The minimum Gasteiger partial charge on any atom is -0.330 e. The van der Waals surface area contributed by atoms with Crippen LogP contribution in [0.3, 0.4) is 0 Å². The lowest BCUT2D eigenvalue weighted by molar-refractivity contribution is 0.598. The zero-order valence-corrected chi connectivity index (χ0v) is 8.75. The van der Waals surface area contributed by atoms with Crippen LogP contribution >= 0.6 is 0 Å². The summed E-state index contributed by atoms with van der Waals surface area (Å²) in [7, 11) is -3.42. The minimum atomic E-state index is -3.42. The number of hydrogen-bond acceptors (Lipinski definition) is 5. The second-order valence-electron chi connectivity index (χ2n) is 2.87. The van der Waals surface area contributed by atoms with E-state index in [-0.39, 0.29) is 17.1 Å². The van der Waals surface area contributed by atoms with Gasteiger partial charge in [0.05, 0.1) is 5.75 Å². The fourth-order valence-corrected chi connectivity index (χ4v) is 1.97. The fraction of sp³-hybridized carbons (Fsp3) is 0.429. The van der Waals surface area contributed by atoms with Gasteiger partial charge in [-0.25, -0.2) is 13.5 Å². The molecular formula is C7H12N4O3S. The minimum absolute atomic E-state index is 0.0652. The highest BCUT2D eigenvalue weighted by Crippen LogP contribution is 2.01. The first-order valence-electron chi connectivity index (χ1n) is 4.30. The normalized spacial score (nSPS) is 11.3. The third-order valence-electron chi connectivity index (χ3n) is 1.56. The first-order valence-corrected chi connectivity index (χ1v) is 5.95. The Labute approximate surface area is 86.7 Å². The van der Waals surface area contributed by atoms with Gasteiger partial charge in [-0.05, 0) is 19.0 Å². The molecule has 0 atom stereocenters. The molecule has 0 spiro atoms. The molecule has 0 saturated carbocycles. The van der Waals surface area contributed by atoms with Gasteiger partial charge in [-0.15, -0.1) is 0 Å². The highest BCUT2D eigenvalue weighted by Gasteiger charge is 2.09. The molecule has 1 aromatic heterocycles. The van der Waals surface area contributed by atoms with Gasteiger partial charge in [-0.3, -0.25) is 9.52 Å². The smallest absolute Gasteiger partial charge is 0.264 e. The Morgan fingerprint density at radius 1 is 1.47 bits per heavy atom. The molecule has 4 N–H and O–H groups in total. The van der Waals surface area contributed by atoms with E-state index in [1.165, 1.54) is 12.1 Å². The lowest BCUT2D eigenvalue weighted by Gasteiger charge is -2.04. The summed E-state index contributed by atoms with van der Waals surface area (Å²) in [5, 5.41) is 5.63. The van der Waals surface area contributed by atoms with Crippen molar-refractivity contribution in [3.8, 4) is 0 Å². The number of hydrogen-bond donors (Lipinski definition) is 3. The molecule has 84 valence electrons. The van der Waals surface area contributed by atoms with Crippen molar-refractivity contribution >= 4 is 15.8 Å². The third-order valence-corrected chi connectivity index (χ3v) is 2.90. The van der Waals surface area contributed by atoms with Gasteiger partial charge in [0.2, 0.25) is 10.0 Å². The summed E-state index contributed by atoms with van der Waals surface area (Å²) in [4.78, 5) is 10.6. The van der Waals surface area contributed by atoms with Gasteiger partial charge in [0.1, 0.15) is 0 Å². The van der Waals surface area contributed by atoms with Crippen molar-refractivity contribution in [1.29, 1.82) is 0 Å². The number of nitrogens with one attached hydrogen (secondary N) is 2. The number of nitrogens with zero attached hydrogens (tertiary/aromatic N) is 1. The SMILES string of the molecule is NCCCS(=O)(=O)Nc1ccc(=O)[nH]n1. The van der Waals surface area contributed by atoms with Crippen LogP contribution in [0.5, 0.6) is 0 Å². The van der Waals surface area contributed by atoms with Gasteiger partial charge >= 0.3 is 0 Å². The molecule has 0 aliphatic heterocycles. The quantitative estimate of drug-likeness (QED) is 0.593. The molecule has 0 radical (unpaired) electrons. The van der Waals surface area contributed by atoms with Gasteiger partial charge < -0.3 is 5.73 Å². The summed E-state index contributed by atoms with van der Waals surface area (Å²) in [5.41, 5.74) is 4.80. The predicted molar refractivity (Wildman–Crippen MR) is 55.9 cm³/mol. The third kappa shape index (κ3) is 4.09. The summed E-state index contributed by atoms with van der Waals surface area (Å²) >= 11 is 0. The number of anilines is 1. The lowest BCUT2D eigenvalue weighted by Crippen LogP contribution is -2.20. The van der Waals surface area contributed by atoms with Crippen LogP contribution in [0, 0.1) is 0 Å². The second-order valence-corrected chi connectivity index (χ2v) is 4.71. The Kier molecular flexibility index (Phi) is 3.81. The van der Waals surface area contributed by atoms with Crippen LogP contribution in [-0.2, 0) is 10.0 Å². The molecule has 1 aromatic rings. The molecule has 0 unspecified atom stereocenters. The van der Waals surface area contributed by atoms with Crippen LogP contribution in [0.2, 0.25) is 0 Å². The standard InChI is InChI=1S/C7H12N4O3S/c8-4-1-5-15(13,14)11-6-2-3-7(12)10-9-6/h2-3H,1,4-5,8H2,(H,9,11)(H,10,12). The molecule has 1 heterocycles. The average molecular weight is 232 g/mol. The number of H-pyrrole nitrogens is 1. The Balaban J connectivity index is 2.69. The van der Waals surface area contributed by atoms with E-state index in [4.69, 9.17) is 5.73 Å². The van der Waals surface area contributed by atoms with E-state index in [1.54, 1.807) is 0 Å². The van der Waals surface area contributed by atoms with Crippen molar-refractivity contribution in [2.75, 3.05) is 17.0 Å². The largest absolute Gasteiger partial charge is 0.330 e. The molecule has 0 fully saturated rings. The first kappa shape index (κ1) is 11.7. The predicted octanol–water partition coefficient (Wildman–Crippen LogP) is -1.14. The number of rotatable bonds is 5. The maximum atomic E-state index is 11.3. The Morgan fingerprint density at radius 2 is 2.20 bits per heavy atom. The monoisotopic (exact) mass is 232 g/mol. The number of aromatic nitrogens is 2. The molecule has 15 heavy (non-hydrogen) atoms. The maximum absolute atomic E-state index is 11.3. The van der Waals surface area contributed by atoms with Gasteiger partial charge in [-0.1, -0.05) is 0 Å². The van der Waals surface area contributed by atoms with E-state index in [1.807, 2.05) is 0 Å². The summed E-state index contributed by atoms with van der Waals surface area (Å²) in [6, 6.07) is 2.48. The summed E-state index contributed by atoms with van der Waals surface area (Å²) < 4.78 is 24.9. The average Bonchev–Trinajstić information content (AvgIpc) is 2.18. The molecule has 8 heteroatoms. The highest BCUT2D eigenvalue weighted by molar-refractivity contribution is 7.92. The van der Waals surface area contributed by atoms with Crippen LogP contribution < -0.4 is 16.0 Å². The summed E-state index contributed by atoms with van der Waals surface area (Å²) in [6.07, 6.45) is 0.374. The number of nitrogens with two attached hydrogens (primary N) is 1. The van der Waals surface area contributed by atoms with E-state index in [0.717, 1.165) is 0 Å². The molecule has 0 aliphatic rings. The molecule has 0 amide bonds.